The molecular formula is C20H30N2O4. The van der Waals surface area contributed by atoms with Gasteiger partial charge in [-0.1, -0.05) is 26.2 Å². The van der Waals surface area contributed by atoms with Crippen molar-refractivity contribution in [2.45, 2.75) is 52.0 Å². The number of unbranched alkanes of at least 4 members (excludes halogenated alkanes) is 2. The molecule has 0 bridgehead atoms. The van der Waals surface area contributed by atoms with E-state index in [0.29, 0.717) is 18.0 Å². The van der Waals surface area contributed by atoms with Gasteiger partial charge in [-0.3, -0.25) is 9.59 Å². The minimum Gasteiger partial charge on any atom is -0.493 e. The Bertz CT molecular complexity index is 632. The smallest absolute Gasteiger partial charge is 0.227 e. The van der Waals surface area contributed by atoms with Crippen LogP contribution in [-0.4, -0.2) is 38.6 Å². The normalized spacial score (nSPS) is 17.9. The second-order valence-electron chi connectivity index (χ2n) is 6.85. The standard InChI is InChI=1S/C20H30N2O4/c1-5-6-7-8-14(2)21-20(24)15-11-19(23)22(13-15)16-9-10-17(25-3)18(12-16)26-4/h9-10,12,14-15H,5-8,11,13H2,1-4H3,(H,21,24). The first kappa shape index (κ1) is 20.1. The van der Waals surface area contributed by atoms with Crippen LogP contribution in [0.5, 0.6) is 11.5 Å². The van der Waals surface area contributed by atoms with E-state index in [-0.39, 0.29) is 30.2 Å². The second-order valence-corrected chi connectivity index (χ2v) is 6.85. The van der Waals surface area contributed by atoms with Crippen molar-refractivity contribution in [3.05, 3.63) is 18.2 Å². The minimum atomic E-state index is -0.316. The van der Waals surface area contributed by atoms with E-state index in [2.05, 4.69) is 12.2 Å². The average Bonchev–Trinajstić information content (AvgIpc) is 3.03. The number of nitrogens with zero attached hydrogens (tertiary/aromatic N) is 1. The first-order valence-corrected chi connectivity index (χ1v) is 9.32. The number of methoxy groups -OCH3 is 2. The molecular weight excluding hydrogens is 332 g/mol. The van der Waals surface area contributed by atoms with Crippen LogP contribution in [0.25, 0.3) is 0 Å². The third-order valence-electron chi connectivity index (χ3n) is 4.80. The number of carbonyl (C=O) groups excluding carboxylic acids is 2. The van der Waals surface area contributed by atoms with Gasteiger partial charge in [0.2, 0.25) is 11.8 Å². The van der Waals surface area contributed by atoms with E-state index in [1.165, 1.54) is 6.42 Å². The van der Waals surface area contributed by atoms with Gasteiger partial charge in [0.25, 0.3) is 0 Å². The molecule has 1 aromatic rings. The zero-order valence-electron chi connectivity index (χ0n) is 16.2. The fourth-order valence-electron chi connectivity index (χ4n) is 3.26. The van der Waals surface area contributed by atoms with Gasteiger partial charge in [0.15, 0.2) is 11.5 Å². The van der Waals surface area contributed by atoms with E-state index >= 15 is 0 Å². The van der Waals surface area contributed by atoms with E-state index in [4.69, 9.17) is 9.47 Å². The highest BCUT2D eigenvalue weighted by Gasteiger charge is 2.35. The molecule has 0 radical (unpaired) electrons. The second kappa shape index (κ2) is 9.46. The lowest BCUT2D eigenvalue weighted by Gasteiger charge is -2.19. The lowest BCUT2D eigenvalue weighted by Crippen LogP contribution is -2.38. The molecule has 1 aromatic carbocycles. The zero-order chi connectivity index (χ0) is 19.1. The van der Waals surface area contributed by atoms with E-state index in [1.807, 2.05) is 13.0 Å². The van der Waals surface area contributed by atoms with Crippen molar-refractivity contribution >= 4 is 17.5 Å². The summed E-state index contributed by atoms with van der Waals surface area (Å²) in [5.74, 6) is 0.777. The number of ether oxygens (including phenoxy) is 2. The van der Waals surface area contributed by atoms with Crippen LogP contribution in [0.15, 0.2) is 18.2 Å². The molecule has 2 unspecified atom stereocenters. The summed E-state index contributed by atoms with van der Waals surface area (Å²) in [6.45, 7) is 4.58. The van der Waals surface area contributed by atoms with Crippen LogP contribution in [0.1, 0.15) is 46.0 Å². The quantitative estimate of drug-likeness (QED) is 0.685. The highest BCUT2D eigenvalue weighted by molar-refractivity contribution is 6.00. The van der Waals surface area contributed by atoms with Crippen molar-refractivity contribution in [3.8, 4) is 11.5 Å². The average molecular weight is 362 g/mol. The molecule has 0 spiro atoms. The Hall–Kier alpha value is -2.24. The molecule has 1 heterocycles. The van der Waals surface area contributed by atoms with Gasteiger partial charge in [0.05, 0.1) is 20.1 Å². The van der Waals surface area contributed by atoms with Gasteiger partial charge in [-0.25, -0.2) is 0 Å². The predicted molar refractivity (Wildman–Crippen MR) is 102 cm³/mol. The summed E-state index contributed by atoms with van der Waals surface area (Å²) in [5.41, 5.74) is 0.721. The van der Waals surface area contributed by atoms with E-state index in [1.54, 1.807) is 31.3 Å². The molecule has 1 aliphatic rings. The van der Waals surface area contributed by atoms with Crippen LogP contribution in [0.3, 0.4) is 0 Å². The van der Waals surface area contributed by atoms with Gasteiger partial charge < -0.3 is 19.7 Å². The van der Waals surface area contributed by atoms with Crippen LogP contribution in [0.4, 0.5) is 5.69 Å². The van der Waals surface area contributed by atoms with Crippen LogP contribution in [-0.2, 0) is 9.59 Å². The third-order valence-corrected chi connectivity index (χ3v) is 4.80. The molecule has 144 valence electrons. The van der Waals surface area contributed by atoms with Gasteiger partial charge in [-0.2, -0.15) is 0 Å². The van der Waals surface area contributed by atoms with Gasteiger partial charge in [0.1, 0.15) is 0 Å². The number of hydrogen-bond donors (Lipinski definition) is 1. The Morgan fingerprint density at radius 3 is 2.65 bits per heavy atom. The number of nitrogens with one attached hydrogen (secondary N) is 1. The first-order valence-electron chi connectivity index (χ1n) is 9.32. The monoisotopic (exact) mass is 362 g/mol. The molecule has 2 amide bonds. The maximum atomic E-state index is 12.5. The molecule has 1 N–H and O–H groups in total. The van der Waals surface area contributed by atoms with Crippen molar-refractivity contribution in [2.75, 3.05) is 25.7 Å². The summed E-state index contributed by atoms with van der Waals surface area (Å²) in [4.78, 5) is 26.6. The molecule has 1 fully saturated rings. The maximum Gasteiger partial charge on any atom is 0.227 e. The van der Waals surface area contributed by atoms with Crippen molar-refractivity contribution in [2.24, 2.45) is 5.92 Å². The van der Waals surface area contributed by atoms with Crippen molar-refractivity contribution in [3.63, 3.8) is 0 Å². The molecule has 1 aliphatic heterocycles. The van der Waals surface area contributed by atoms with Crippen LogP contribution < -0.4 is 19.7 Å². The van der Waals surface area contributed by atoms with Gasteiger partial charge in [0, 0.05) is 30.8 Å². The highest BCUT2D eigenvalue weighted by Crippen LogP contribution is 2.34. The van der Waals surface area contributed by atoms with E-state index in [9.17, 15) is 9.59 Å². The lowest BCUT2D eigenvalue weighted by molar-refractivity contribution is -0.126. The summed E-state index contributed by atoms with van der Waals surface area (Å²) in [5, 5.41) is 3.05. The summed E-state index contributed by atoms with van der Waals surface area (Å²) in [7, 11) is 3.13. The largest absolute Gasteiger partial charge is 0.493 e. The number of carbonyl (C=O) groups is 2. The minimum absolute atomic E-state index is 0.0367. The molecule has 0 saturated carbocycles. The van der Waals surface area contributed by atoms with Gasteiger partial charge >= 0.3 is 0 Å². The SMILES string of the molecule is CCCCCC(C)NC(=O)C1CC(=O)N(c2ccc(OC)c(OC)c2)C1. The Kier molecular flexibility index (Phi) is 7.30. The molecule has 2 rings (SSSR count). The number of rotatable bonds is 9. The third kappa shape index (κ3) is 4.90. The first-order chi connectivity index (χ1) is 12.5. The topological polar surface area (TPSA) is 67.9 Å². The highest BCUT2D eigenvalue weighted by atomic mass is 16.5. The van der Waals surface area contributed by atoms with Crippen molar-refractivity contribution in [1.82, 2.24) is 5.32 Å². The number of amides is 2. The van der Waals surface area contributed by atoms with Crippen LogP contribution in [0.2, 0.25) is 0 Å². The molecule has 6 heteroatoms. The summed E-state index contributed by atoms with van der Waals surface area (Å²) >= 11 is 0. The molecule has 6 nitrogen and oxygen atoms in total. The molecule has 2 atom stereocenters. The van der Waals surface area contributed by atoms with Crippen molar-refractivity contribution < 1.29 is 19.1 Å². The Morgan fingerprint density at radius 2 is 2.00 bits per heavy atom. The lowest BCUT2D eigenvalue weighted by atomic mass is 10.1. The maximum absolute atomic E-state index is 12.5. The fraction of sp³-hybridized carbons (Fsp3) is 0.600. The predicted octanol–water partition coefficient (Wildman–Crippen LogP) is 3.14. The Morgan fingerprint density at radius 1 is 1.27 bits per heavy atom. The van der Waals surface area contributed by atoms with Gasteiger partial charge in [-0.15, -0.1) is 0 Å². The molecule has 1 saturated heterocycles. The van der Waals surface area contributed by atoms with Gasteiger partial charge in [-0.05, 0) is 25.5 Å². The van der Waals surface area contributed by atoms with Crippen molar-refractivity contribution in [1.29, 1.82) is 0 Å². The fourth-order valence-corrected chi connectivity index (χ4v) is 3.26. The van der Waals surface area contributed by atoms with E-state index < -0.39 is 0 Å². The number of anilines is 1. The van der Waals surface area contributed by atoms with Crippen LogP contribution in [0, 0.1) is 5.92 Å². The number of hydrogen-bond acceptors (Lipinski definition) is 4. The van der Waals surface area contributed by atoms with E-state index in [0.717, 1.165) is 24.9 Å². The Balaban J connectivity index is 1.98. The summed E-state index contributed by atoms with van der Waals surface area (Å²) < 4.78 is 10.5. The molecule has 0 aliphatic carbocycles. The number of benzene rings is 1. The summed E-state index contributed by atoms with van der Waals surface area (Å²) in [6, 6.07) is 5.49. The molecule has 26 heavy (non-hydrogen) atoms. The Labute approximate surface area is 155 Å². The van der Waals surface area contributed by atoms with Crippen LogP contribution >= 0.6 is 0 Å². The molecule has 0 aromatic heterocycles. The summed E-state index contributed by atoms with van der Waals surface area (Å²) in [6.07, 6.45) is 4.66. The zero-order valence-corrected chi connectivity index (χ0v) is 16.2.